The maximum Gasteiger partial charge on any atom is 0.419 e. The van der Waals surface area contributed by atoms with Crippen LogP contribution < -0.4 is 5.32 Å². The molecular weight excluding hydrogens is 278 g/mol. The molecule has 2 N–H and O–H groups in total. The fourth-order valence-electron chi connectivity index (χ4n) is 1.56. The standard InChI is InChI=1S/C13H15F4NO2/c1-7(2)11(6-19)18-12(20)8-3-4-10(14)9(5-8)13(15,16)17/h3-5,7,11,19H,6H2,1-2H3,(H,18,20). The Hall–Kier alpha value is -1.63. The number of rotatable bonds is 4. The van der Waals surface area contributed by atoms with E-state index < -0.39 is 29.5 Å². The van der Waals surface area contributed by atoms with Gasteiger partial charge in [-0.25, -0.2) is 4.39 Å². The minimum absolute atomic E-state index is 0.0912. The van der Waals surface area contributed by atoms with Crippen LogP contribution in [0.15, 0.2) is 18.2 Å². The van der Waals surface area contributed by atoms with Gasteiger partial charge in [0.05, 0.1) is 18.2 Å². The van der Waals surface area contributed by atoms with Gasteiger partial charge in [0.2, 0.25) is 0 Å². The van der Waals surface area contributed by atoms with Crippen molar-refractivity contribution in [1.82, 2.24) is 5.32 Å². The summed E-state index contributed by atoms with van der Waals surface area (Å²) in [6, 6.07) is 1.44. The van der Waals surface area contributed by atoms with Gasteiger partial charge in [-0.3, -0.25) is 4.79 Å². The average molecular weight is 293 g/mol. The third-order valence-electron chi connectivity index (χ3n) is 2.85. The Morgan fingerprint density at radius 2 is 1.95 bits per heavy atom. The first-order chi connectivity index (χ1) is 9.16. The van der Waals surface area contributed by atoms with E-state index in [0.717, 1.165) is 6.07 Å². The number of hydrogen-bond acceptors (Lipinski definition) is 2. The lowest BCUT2D eigenvalue weighted by Gasteiger charge is -2.20. The number of benzene rings is 1. The van der Waals surface area contributed by atoms with Gasteiger partial charge in [-0.05, 0) is 24.1 Å². The van der Waals surface area contributed by atoms with Crippen molar-refractivity contribution in [3.63, 3.8) is 0 Å². The first kappa shape index (κ1) is 16.4. The monoisotopic (exact) mass is 293 g/mol. The zero-order valence-corrected chi connectivity index (χ0v) is 11.0. The summed E-state index contributed by atoms with van der Waals surface area (Å²) in [5.74, 6) is -2.31. The van der Waals surface area contributed by atoms with Gasteiger partial charge in [-0.2, -0.15) is 13.2 Å². The maximum atomic E-state index is 13.1. The van der Waals surface area contributed by atoms with E-state index in [9.17, 15) is 22.4 Å². The molecule has 0 aliphatic heterocycles. The van der Waals surface area contributed by atoms with Crippen LogP contribution in [0.5, 0.6) is 0 Å². The fourth-order valence-corrected chi connectivity index (χ4v) is 1.56. The van der Waals surface area contributed by atoms with Gasteiger partial charge in [0.15, 0.2) is 0 Å². The SMILES string of the molecule is CC(C)C(CO)NC(=O)c1ccc(F)c(C(F)(F)F)c1. The summed E-state index contributed by atoms with van der Waals surface area (Å²) in [6.07, 6.45) is -4.87. The molecule has 1 aromatic carbocycles. The van der Waals surface area contributed by atoms with Gasteiger partial charge in [-0.1, -0.05) is 13.8 Å². The van der Waals surface area contributed by atoms with Crippen molar-refractivity contribution in [3.8, 4) is 0 Å². The summed E-state index contributed by atoms with van der Waals surface area (Å²) in [7, 11) is 0. The molecule has 1 unspecified atom stereocenters. The second-order valence-corrected chi connectivity index (χ2v) is 4.70. The van der Waals surface area contributed by atoms with E-state index in [1.165, 1.54) is 0 Å². The molecule has 20 heavy (non-hydrogen) atoms. The van der Waals surface area contributed by atoms with E-state index in [2.05, 4.69) is 5.32 Å². The molecule has 0 bridgehead atoms. The minimum atomic E-state index is -4.87. The number of hydrogen-bond donors (Lipinski definition) is 2. The zero-order valence-electron chi connectivity index (χ0n) is 11.0. The van der Waals surface area contributed by atoms with Crippen molar-refractivity contribution in [2.45, 2.75) is 26.1 Å². The summed E-state index contributed by atoms with van der Waals surface area (Å²) in [4.78, 5) is 11.8. The van der Waals surface area contributed by atoms with Crippen molar-refractivity contribution in [1.29, 1.82) is 0 Å². The molecule has 3 nitrogen and oxygen atoms in total. The van der Waals surface area contributed by atoms with Crippen molar-refractivity contribution < 1.29 is 27.5 Å². The molecule has 1 atom stereocenters. The highest BCUT2D eigenvalue weighted by Gasteiger charge is 2.34. The Morgan fingerprint density at radius 1 is 1.35 bits per heavy atom. The number of carbonyl (C=O) groups is 1. The molecule has 112 valence electrons. The van der Waals surface area contributed by atoms with Gasteiger partial charge >= 0.3 is 6.18 Å². The van der Waals surface area contributed by atoms with Crippen LogP contribution in [-0.2, 0) is 6.18 Å². The van der Waals surface area contributed by atoms with Crippen LogP contribution in [0, 0.1) is 11.7 Å². The molecular formula is C13H15F4NO2. The number of aliphatic hydroxyl groups is 1. The summed E-state index contributed by atoms with van der Waals surface area (Å²) in [5, 5.41) is 11.5. The number of halogens is 4. The van der Waals surface area contributed by atoms with Gasteiger partial charge < -0.3 is 10.4 Å². The predicted molar refractivity (Wildman–Crippen MR) is 64.6 cm³/mol. The lowest BCUT2D eigenvalue weighted by atomic mass is 10.0. The van der Waals surface area contributed by atoms with Crippen LogP contribution in [0.4, 0.5) is 17.6 Å². The van der Waals surface area contributed by atoms with Crippen LogP contribution in [0.25, 0.3) is 0 Å². The molecule has 0 spiro atoms. The van der Waals surface area contributed by atoms with Crippen LogP contribution in [0.1, 0.15) is 29.8 Å². The number of alkyl halides is 3. The first-order valence-electron chi connectivity index (χ1n) is 5.95. The molecule has 0 radical (unpaired) electrons. The van der Waals surface area contributed by atoms with Crippen molar-refractivity contribution in [3.05, 3.63) is 35.1 Å². The summed E-state index contributed by atoms with van der Waals surface area (Å²) >= 11 is 0. The number of aliphatic hydroxyl groups excluding tert-OH is 1. The Balaban J connectivity index is 3.00. The molecule has 1 amide bonds. The largest absolute Gasteiger partial charge is 0.419 e. The molecule has 0 heterocycles. The topological polar surface area (TPSA) is 49.3 Å². The fraction of sp³-hybridized carbons (Fsp3) is 0.462. The predicted octanol–water partition coefficient (Wildman–Crippen LogP) is 2.59. The van der Waals surface area contributed by atoms with Gasteiger partial charge in [0.1, 0.15) is 5.82 Å². The third kappa shape index (κ3) is 3.93. The second-order valence-electron chi connectivity index (χ2n) is 4.70. The van der Waals surface area contributed by atoms with E-state index in [1.54, 1.807) is 13.8 Å². The molecule has 0 fully saturated rings. The van der Waals surface area contributed by atoms with Crippen molar-refractivity contribution >= 4 is 5.91 Å². The van der Waals surface area contributed by atoms with Gasteiger partial charge in [0, 0.05) is 5.56 Å². The summed E-state index contributed by atoms with van der Waals surface area (Å²) in [6.45, 7) is 3.15. The van der Waals surface area contributed by atoms with E-state index in [4.69, 9.17) is 5.11 Å². The van der Waals surface area contributed by atoms with Crippen molar-refractivity contribution in [2.24, 2.45) is 5.92 Å². The minimum Gasteiger partial charge on any atom is -0.394 e. The third-order valence-corrected chi connectivity index (χ3v) is 2.85. The zero-order chi connectivity index (χ0) is 15.5. The Labute approximate surface area is 113 Å². The number of amides is 1. The van der Waals surface area contributed by atoms with Crippen LogP contribution >= 0.6 is 0 Å². The van der Waals surface area contributed by atoms with E-state index in [1.807, 2.05) is 0 Å². The number of nitrogens with one attached hydrogen (secondary N) is 1. The molecule has 0 saturated carbocycles. The van der Waals surface area contributed by atoms with Gasteiger partial charge in [0.25, 0.3) is 5.91 Å². The Morgan fingerprint density at radius 3 is 2.40 bits per heavy atom. The highest BCUT2D eigenvalue weighted by atomic mass is 19.4. The lowest BCUT2D eigenvalue weighted by molar-refractivity contribution is -0.140. The molecule has 0 aliphatic rings. The van der Waals surface area contributed by atoms with Crippen LogP contribution in [0.2, 0.25) is 0 Å². The van der Waals surface area contributed by atoms with Crippen molar-refractivity contribution in [2.75, 3.05) is 6.61 Å². The molecule has 7 heteroatoms. The summed E-state index contributed by atoms with van der Waals surface area (Å²) in [5.41, 5.74) is -1.80. The average Bonchev–Trinajstić information content (AvgIpc) is 2.34. The highest BCUT2D eigenvalue weighted by Crippen LogP contribution is 2.31. The molecule has 0 saturated heterocycles. The van der Waals surface area contributed by atoms with E-state index in [0.29, 0.717) is 12.1 Å². The maximum absolute atomic E-state index is 13.1. The Bertz CT molecular complexity index is 486. The molecule has 1 rings (SSSR count). The molecule has 0 aromatic heterocycles. The smallest absolute Gasteiger partial charge is 0.394 e. The van der Waals surface area contributed by atoms with Crippen LogP contribution in [0.3, 0.4) is 0 Å². The first-order valence-corrected chi connectivity index (χ1v) is 5.95. The van der Waals surface area contributed by atoms with E-state index in [-0.39, 0.29) is 18.1 Å². The lowest BCUT2D eigenvalue weighted by Crippen LogP contribution is -2.41. The van der Waals surface area contributed by atoms with Gasteiger partial charge in [-0.15, -0.1) is 0 Å². The molecule has 1 aromatic rings. The Kier molecular flexibility index (Phi) is 5.10. The molecule has 0 aliphatic carbocycles. The second kappa shape index (κ2) is 6.21. The van der Waals surface area contributed by atoms with E-state index >= 15 is 0 Å². The van der Waals surface area contributed by atoms with Crippen LogP contribution in [-0.4, -0.2) is 23.7 Å². The quantitative estimate of drug-likeness (QED) is 0.838. The number of carbonyl (C=O) groups excluding carboxylic acids is 1. The summed E-state index contributed by atoms with van der Waals surface area (Å²) < 4.78 is 50.7. The highest BCUT2D eigenvalue weighted by molar-refractivity contribution is 5.94. The normalized spacial score (nSPS) is 13.4.